The Morgan fingerprint density at radius 2 is 2.37 bits per heavy atom. The van der Waals surface area contributed by atoms with Crippen molar-refractivity contribution in [2.45, 2.75) is 6.54 Å². The predicted molar refractivity (Wildman–Crippen MR) is 67.5 cm³/mol. The van der Waals surface area contributed by atoms with Gasteiger partial charge in [0.25, 0.3) is 5.82 Å². The van der Waals surface area contributed by atoms with Gasteiger partial charge in [-0.15, -0.1) is 5.10 Å². The van der Waals surface area contributed by atoms with Gasteiger partial charge in [-0.3, -0.25) is 4.79 Å². The molecule has 0 atom stereocenters. The van der Waals surface area contributed by atoms with Gasteiger partial charge in [0.1, 0.15) is 24.8 Å². The minimum absolute atomic E-state index is 0.0253. The second kappa shape index (κ2) is 5.58. The summed E-state index contributed by atoms with van der Waals surface area (Å²) in [5.41, 5.74) is 0.0776. The lowest BCUT2D eigenvalue weighted by Crippen LogP contribution is -2.19. The summed E-state index contributed by atoms with van der Waals surface area (Å²) in [6.45, 7) is -0.149. The lowest BCUT2D eigenvalue weighted by atomic mass is 10.3. The molecule has 0 aliphatic heterocycles. The molecule has 0 bridgehead atoms. The van der Waals surface area contributed by atoms with E-state index in [1.807, 2.05) is 0 Å². The number of amides is 1. The Kier molecular flexibility index (Phi) is 3.87. The van der Waals surface area contributed by atoms with Gasteiger partial charge in [0, 0.05) is 4.47 Å². The molecule has 0 fully saturated rings. The zero-order valence-corrected chi connectivity index (χ0v) is 11.1. The Morgan fingerprint density at radius 3 is 3.00 bits per heavy atom. The number of anilines is 1. The third kappa shape index (κ3) is 3.35. The average molecular weight is 324 g/mol. The highest BCUT2D eigenvalue weighted by atomic mass is 79.9. The molecule has 1 amide bonds. The molecule has 1 aromatic carbocycles. The fraction of sp³-hybridized carbons (Fsp3) is 0.0909. The molecular weight excluding hydrogens is 317 g/mol. The number of nitrogens with one attached hydrogen (secondary N) is 1. The summed E-state index contributed by atoms with van der Waals surface area (Å²) < 4.78 is 15.3. The van der Waals surface area contributed by atoms with E-state index in [-0.39, 0.29) is 18.1 Å². The van der Waals surface area contributed by atoms with Crippen LogP contribution in [-0.4, -0.2) is 20.7 Å². The van der Waals surface area contributed by atoms with Crippen molar-refractivity contribution in [3.05, 3.63) is 40.6 Å². The van der Waals surface area contributed by atoms with E-state index >= 15 is 0 Å². The zero-order valence-electron chi connectivity index (χ0n) is 9.47. The Bertz CT molecular complexity index is 663. The van der Waals surface area contributed by atoms with Crippen molar-refractivity contribution in [3.8, 4) is 6.07 Å². The quantitative estimate of drug-likeness (QED) is 0.931. The number of halogens is 2. The summed E-state index contributed by atoms with van der Waals surface area (Å²) >= 11 is 3.12. The van der Waals surface area contributed by atoms with Crippen molar-refractivity contribution < 1.29 is 9.18 Å². The third-order valence-electron chi connectivity index (χ3n) is 2.15. The SMILES string of the molecule is N#Cc1ncn(CC(=O)Nc2ccc(Br)cc2F)n1. The topological polar surface area (TPSA) is 83.6 Å². The van der Waals surface area contributed by atoms with E-state index in [0.717, 1.165) is 0 Å². The molecule has 0 unspecified atom stereocenters. The van der Waals surface area contributed by atoms with E-state index in [0.29, 0.717) is 4.47 Å². The number of hydrogen-bond donors (Lipinski definition) is 1. The first-order valence-electron chi connectivity index (χ1n) is 5.13. The van der Waals surface area contributed by atoms with E-state index in [1.165, 1.54) is 23.1 Å². The average Bonchev–Trinajstić information content (AvgIpc) is 2.80. The molecule has 2 rings (SSSR count). The molecule has 0 aliphatic carbocycles. The van der Waals surface area contributed by atoms with Crippen LogP contribution >= 0.6 is 15.9 Å². The Morgan fingerprint density at radius 1 is 1.58 bits per heavy atom. The molecule has 6 nitrogen and oxygen atoms in total. The van der Waals surface area contributed by atoms with Crippen LogP contribution in [0, 0.1) is 17.1 Å². The van der Waals surface area contributed by atoms with Crippen molar-refractivity contribution in [2.75, 3.05) is 5.32 Å². The zero-order chi connectivity index (χ0) is 13.8. The molecular formula is C11H7BrFN5O. The second-order valence-electron chi connectivity index (χ2n) is 3.55. The van der Waals surface area contributed by atoms with Crippen molar-refractivity contribution in [3.63, 3.8) is 0 Å². The number of rotatable bonds is 3. The highest BCUT2D eigenvalue weighted by Crippen LogP contribution is 2.19. The van der Waals surface area contributed by atoms with Gasteiger partial charge in [-0.25, -0.2) is 14.1 Å². The normalized spacial score (nSPS) is 9.95. The third-order valence-corrected chi connectivity index (χ3v) is 2.64. The van der Waals surface area contributed by atoms with Crippen LogP contribution in [0.1, 0.15) is 5.82 Å². The molecule has 96 valence electrons. The van der Waals surface area contributed by atoms with Gasteiger partial charge in [-0.1, -0.05) is 15.9 Å². The van der Waals surface area contributed by atoms with E-state index < -0.39 is 11.7 Å². The number of hydrogen-bond acceptors (Lipinski definition) is 4. The Balaban J connectivity index is 2.03. The summed E-state index contributed by atoms with van der Waals surface area (Å²) in [7, 11) is 0. The van der Waals surface area contributed by atoms with Gasteiger partial charge < -0.3 is 5.32 Å². The number of benzene rings is 1. The largest absolute Gasteiger partial charge is 0.322 e. The first-order valence-corrected chi connectivity index (χ1v) is 5.92. The van der Waals surface area contributed by atoms with Gasteiger partial charge in [-0.2, -0.15) is 5.26 Å². The molecule has 1 heterocycles. The van der Waals surface area contributed by atoms with Crippen molar-refractivity contribution in [2.24, 2.45) is 0 Å². The van der Waals surface area contributed by atoms with Crippen molar-refractivity contribution in [1.29, 1.82) is 5.26 Å². The maximum Gasteiger partial charge on any atom is 0.252 e. The lowest BCUT2D eigenvalue weighted by molar-refractivity contribution is -0.116. The molecule has 8 heteroatoms. The molecule has 19 heavy (non-hydrogen) atoms. The summed E-state index contributed by atoms with van der Waals surface area (Å²) in [6, 6.07) is 6.05. The maximum absolute atomic E-state index is 13.5. The number of carbonyl (C=O) groups excluding carboxylic acids is 1. The predicted octanol–water partition coefficient (Wildman–Crippen LogP) is 1.69. The van der Waals surface area contributed by atoms with Crippen LogP contribution in [0.4, 0.5) is 10.1 Å². The standard InChI is InChI=1S/C11H7BrFN5O/c12-7-1-2-9(8(13)3-7)16-11(19)5-18-6-15-10(4-14)17-18/h1-3,6H,5H2,(H,16,19). The fourth-order valence-electron chi connectivity index (χ4n) is 1.35. The summed E-state index contributed by atoms with van der Waals surface area (Å²) in [6.07, 6.45) is 1.26. The molecule has 0 saturated heterocycles. The van der Waals surface area contributed by atoms with E-state index in [1.54, 1.807) is 12.1 Å². The number of nitriles is 1. The van der Waals surface area contributed by atoms with E-state index in [2.05, 4.69) is 31.3 Å². The van der Waals surface area contributed by atoms with E-state index in [4.69, 9.17) is 5.26 Å². The highest BCUT2D eigenvalue weighted by molar-refractivity contribution is 9.10. The first kappa shape index (κ1) is 13.2. The fourth-order valence-corrected chi connectivity index (χ4v) is 1.68. The second-order valence-corrected chi connectivity index (χ2v) is 4.47. The smallest absolute Gasteiger partial charge is 0.252 e. The molecule has 1 N–H and O–H groups in total. The molecule has 0 radical (unpaired) electrons. The van der Waals surface area contributed by atoms with Gasteiger partial charge in [-0.05, 0) is 18.2 Å². The molecule has 0 aliphatic rings. The van der Waals surface area contributed by atoms with Crippen LogP contribution < -0.4 is 5.32 Å². The number of carbonyl (C=O) groups is 1. The monoisotopic (exact) mass is 323 g/mol. The van der Waals surface area contributed by atoms with Crippen LogP contribution in [-0.2, 0) is 11.3 Å². The summed E-state index contributed by atoms with van der Waals surface area (Å²) in [4.78, 5) is 15.3. The van der Waals surface area contributed by atoms with Crippen molar-refractivity contribution in [1.82, 2.24) is 14.8 Å². The molecule has 0 saturated carbocycles. The number of aromatic nitrogens is 3. The molecule has 0 spiro atoms. The Labute approximate surface area is 116 Å². The molecule has 2 aromatic rings. The Hall–Kier alpha value is -2.27. The van der Waals surface area contributed by atoms with Crippen LogP contribution in [0.5, 0.6) is 0 Å². The van der Waals surface area contributed by atoms with Crippen LogP contribution in [0.3, 0.4) is 0 Å². The van der Waals surface area contributed by atoms with Crippen molar-refractivity contribution >= 4 is 27.5 Å². The van der Waals surface area contributed by atoms with Crippen LogP contribution in [0.2, 0.25) is 0 Å². The van der Waals surface area contributed by atoms with Crippen LogP contribution in [0.25, 0.3) is 0 Å². The van der Waals surface area contributed by atoms with E-state index in [9.17, 15) is 9.18 Å². The summed E-state index contributed by atoms with van der Waals surface area (Å²) in [5.74, 6) is -1.03. The molecule has 1 aromatic heterocycles. The van der Waals surface area contributed by atoms with Gasteiger partial charge >= 0.3 is 0 Å². The minimum atomic E-state index is -0.543. The van der Waals surface area contributed by atoms with Gasteiger partial charge in [0.2, 0.25) is 5.91 Å². The first-order chi connectivity index (χ1) is 9.08. The van der Waals surface area contributed by atoms with Crippen LogP contribution in [0.15, 0.2) is 29.0 Å². The number of nitrogens with zero attached hydrogens (tertiary/aromatic N) is 4. The lowest BCUT2D eigenvalue weighted by Gasteiger charge is -2.06. The van der Waals surface area contributed by atoms with Gasteiger partial charge in [0.05, 0.1) is 5.69 Å². The highest BCUT2D eigenvalue weighted by Gasteiger charge is 2.09. The van der Waals surface area contributed by atoms with Gasteiger partial charge in [0.15, 0.2) is 0 Å². The maximum atomic E-state index is 13.5. The minimum Gasteiger partial charge on any atom is -0.322 e. The summed E-state index contributed by atoms with van der Waals surface area (Å²) in [5, 5.41) is 14.7.